The van der Waals surface area contributed by atoms with Gasteiger partial charge < -0.3 is 20.6 Å². The third-order valence-corrected chi connectivity index (χ3v) is 6.73. The molecule has 212 valence electrons. The Bertz CT molecular complexity index is 1690. The summed E-state index contributed by atoms with van der Waals surface area (Å²) in [5.41, 5.74) is -0.293. The summed E-state index contributed by atoms with van der Waals surface area (Å²) in [6, 6.07) is 7.90. The largest absolute Gasteiger partial charge is 0.395 e. The Labute approximate surface area is 232 Å². The number of halogens is 3. The lowest BCUT2D eigenvalue weighted by molar-refractivity contribution is -0.111. The van der Waals surface area contributed by atoms with Gasteiger partial charge in [0.15, 0.2) is 22.7 Å². The summed E-state index contributed by atoms with van der Waals surface area (Å²) in [6.45, 7) is 6.12. The van der Waals surface area contributed by atoms with E-state index < -0.39 is 28.8 Å². The average molecular weight is 566 g/mol. The van der Waals surface area contributed by atoms with Crippen molar-refractivity contribution in [2.45, 2.75) is 0 Å². The normalized spacial score (nSPS) is 13.8. The second kappa shape index (κ2) is 11.8. The number of fused-ring (bicyclic) bond motifs is 1. The number of piperazine rings is 1. The first-order chi connectivity index (χ1) is 19.8. The zero-order valence-electron chi connectivity index (χ0n) is 21.8. The summed E-state index contributed by atoms with van der Waals surface area (Å²) in [5.74, 6) is -3.49. The zero-order valence-corrected chi connectivity index (χ0v) is 21.8. The second-order valence-electron chi connectivity index (χ2n) is 9.28. The van der Waals surface area contributed by atoms with Crippen LogP contribution in [-0.2, 0) is 4.79 Å². The SMILES string of the molecule is C=CC(=O)Nc1ccc(F)c(-n2ccc(=O)c3cnc(Nc4ccc(N5CCN(CCO)CC5)c(F)c4F)nc32)c1. The molecule has 3 N–H and O–H groups in total. The fraction of sp³-hybridized carbons (Fsp3) is 0.214. The van der Waals surface area contributed by atoms with E-state index in [0.717, 1.165) is 12.1 Å². The van der Waals surface area contributed by atoms with E-state index in [2.05, 4.69) is 27.2 Å². The molecule has 1 aliphatic heterocycles. The topological polar surface area (TPSA) is 116 Å². The Morgan fingerprint density at radius 2 is 1.83 bits per heavy atom. The quantitative estimate of drug-likeness (QED) is 0.279. The van der Waals surface area contributed by atoms with E-state index in [4.69, 9.17) is 5.11 Å². The van der Waals surface area contributed by atoms with Gasteiger partial charge in [-0.15, -0.1) is 0 Å². The van der Waals surface area contributed by atoms with E-state index in [1.54, 1.807) is 4.90 Å². The second-order valence-corrected chi connectivity index (χ2v) is 9.28. The van der Waals surface area contributed by atoms with Gasteiger partial charge in [-0.1, -0.05) is 6.58 Å². The lowest BCUT2D eigenvalue weighted by atomic mass is 10.2. The van der Waals surface area contributed by atoms with Crippen LogP contribution in [0.5, 0.6) is 0 Å². The van der Waals surface area contributed by atoms with Crippen LogP contribution in [0.2, 0.25) is 0 Å². The number of aromatic nitrogens is 3. The fourth-order valence-electron chi connectivity index (χ4n) is 4.61. The maximum absolute atomic E-state index is 15.1. The smallest absolute Gasteiger partial charge is 0.247 e. The molecule has 1 saturated heterocycles. The van der Waals surface area contributed by atoms with Gasteiger partial charge in [0.25, 0.3) is 0 Å². The highest BCUT2D eigenvalue weighted by Crippen LogP contribution is 2.30. The summed E-state index contributed by atoms with van der Waals surface area (Å²) in [5, 5.41) is 14.4. The minimum atomic E-state index is -1.13. The lowest BCUT2D eigenvalue weighted by Crippen LogP contribution is -2.47. The Morgan fingerprint density at radius 3 is 2.56 bits per heavy atom. The maximum atomic E-state index is 15.1. The number of anilines is 4. The van der Waals surface area contributed by atoms with Crippen LogP contribution in [-0.4, -0.2) is 69.8 Å². The minimum absolute atomic E-state index is 0.000604. The van der Waals surface area contributed by atoms with Crippen molar-refractivity contribution in [1.29, 1.82) is 0 Å². The fourth-order valence-corrected chi connectivity index (χ4v) is 4.61. The Kier molecular flexibility index (Phi) is 7.99. The van der Waals surface area contributed by atoms with E-state index in [1.165, 1.54) is 47.3 Å². The van der Waals surface area contributed by atoms with Gasteiger partial charge in [0, 0.05) is 56.9 Å². The number of nitrogens with zero attached hydrogens (tertiary/aromatic N) is 5. The summed E-state index contributed by atoms with van der Waals surface area (Å²) < 4.78 is 46.4. The summed E-state index contributed by atoms with van der Waals surface area (Å²) >= 11 is 0. The van der Waals surface area contributed by atoms with E-state index >= 15 is 8.78 Å². The first-order valence-corrected chi connectivity index (χ1v) is 12.7. The molecule has 13 heteroatoms. The van der Waals surface area contributed by atoms with Gasteiger partial charge in [0.05, 0.1) is 29.1 Å². The molecule has 0 bridgehead atoms. The van der Waals surface area contributed by atoms with Crippen molar-refractivity contribution in [1.82, 2.24) is 19.4 Å². The van der Waals surface area contributed by atoms with Gasteiger partial charge in [0.2, 0.25) is 11.9 Å². The minimum Gasteiger partial charge on any atom is -0.395 e. The number of amides is 1. The molecular weight excluding hydrogens is 539 g/mol. The van der Waals surface area contributed by atoms with Crippen molar-refractivity contribution in [3.63, 3.8) is 0 Å². The number of pyridine rings is 1. The van der Waals surface area contributed by atoms with Gasteiger partial charge in [-0.3, -0.25) is 19.1 Å². The average Bonchev–Trinajstić information content (AvgIpc) is 2.98. The third kappa shape index (κ3) is 5.76. The molecule has 0 saturated carbocycles. The molecule has 1 fully saturated rings. The molecule has 4 aromatic rings. The molecule has 2 aromatic heterocycles. The van der Waals surface area contributed by atoms with E-state index in [-0.39, 0.29) is 46.3 Å². The van der Waals surface area contributed by atoms with Crippen molar-refractivity contribution in [3.05, 3.63) is 89.1 Å². The zero-order chi connectivity index (χ0) is 29.1. The molecule has 10 nitrogen and oxygen atoms in total. The summed E-state index contributed by atoms with van der Waals surface area (Å²) in [4.78, 5) is 36.4. The molecule has 0 atom stereocenters. The molecule has 41 heavy (non-hydrogen) atoms. The van der Waals surface area contributed by atoms with Crippen LogP contribution in [0.1, 0.15) is 0 Å². The molecule has 0 spiro atoms. The maximum Gasteiger partial charge on any atom is 0.247 e. The number of benzene rings is 2. The van der Waals surface area contributed by atoms with Crippen LogP contribution >= 0.6 is 0 Å². The van der Waals surface area contributed by atoms with Gasteiger partial charge >= 0.3 is 0 Å². The Hall–Kier alpha value is -4.75. The molecule has 0 unspecified atom stereocenters. The van der Waals surface area contributed by atoms with Crippen LogP contribution in [0.4, 0.5) is 36.2 Å². The highest BCUT2D eigenvalue weighted by Gasteiger charge is 2.23. The number of aliphatic hydroxyl groups excluding tert-OH is 1. The lowest BCUT2D eigenvalue weighted by Gasteiger charge is -2.36. The van der Waals surface area contributed by atoms with Crippen LogP contribution in [0.25, 0.3) is 16.7 Å². The van der Waals surface area contributed by atoms with E-state index in [9.17, 15) is 14.0 Å². The van der Waals surface area contributed by atoms with E-state index in [0.29, 0.717) is 32.7 Å². The molecule has 0 aliphatic carbocycles. The highest BCUT2D eigenvalue weighted by atomic mass is 19.2. The van der Waals surface area contributed by atoms with Gasteiger partial charge in [-0.05, 0) is 36.4 Å². The van der Waals surface area contributed by atoms with E-state index in [1.807, 2.05) is 4.90 Å². The molecule has 3 heterocycles. The third-order valence-electron chi connectivity index (χ3n) is 6.73. The number of carbonyl (C=O) groups excluding carboxylic acids is 1. The highest BCUT2D eigenvalue weighted by molar-refractivity contribution is 5.99. The number of aliphatic hydroxyl groups is 1. The van der Waals surface area contributed by atoms with Crippen molar-refractivity contribution < 1.29 is 23.1 Å². The molecule has 1 aliphatic rings. The molecule has 0 radical (unpaired) electrons. The van der Waals surface area contributed by atoms with Crippen molar-refractivity contribution >= 4 is 40.0 Å². The van der Waals surface area contributed by atoms with Crippen molar-refractivity contribution in [3.8, 4) is 5.69 Å². The molecule has 1 amide bonds. The number of hydrogen-bond donors (Lipinski definition) is 3. The van der Waals surface area contributed by atoms with Crippen LogP contribution in [0, 0.1) is 17.5 Å². The first kappa shape index (κ1) is 27.8. The van der Waals surface area contributed by atoms with Crippen molar-refractivity contribution in [2.75, 3.05) is 54.9 Å². The van der Waals surface area contributed by atoms with Gasteiger partial charge in [-0.25, -0.2) is 18.2 Å². The predicted molar refractivity (Wildman–Crippen MR) is 149 cm³/mol. The monoisotopic (exact) mass is 565 g/mol. The Morgan fingerprint density at radius 1 is 1.05 bits per heavy atom. The molecule has 2 aromatic carbocycles. The number of β-amino-alcohol motifs (C(OH)–C–C–N with tert-alkyl or cyclic N) is 1. The van der Waals surface area contributed by atoms with Crippen LogP contribution in [0.3, 0.4) is 0 Å². The van der Waals surface area contributed by atoms with Crippen LogP contribution < -0.4 is 21.0 Å². The van der Waals surface area contributed by atoms with Crippen LogP contribution in [0.15, 0.2) is 66.2 Å². The van der Waals surface area contributed by atoms with Gasteiger partial charge in [0.1, 0.15) is 5.82 Å². The number of rotatable bonds is 8. The number of carbonyl (C=O) groups is 1. The van der Waals surface area contributed by atoms with Gasteiger partial charge in [-0.2, -0.15) is 4.98 Å². The summed E-state index contributed by atoms with van der Waals surface area (Å²) in [6.07, 6.45) is 3.59. The molecular formula is C28H26F3N7O3. The number of nitrogens with one attached hydrogen (secondary N) is 2. The number of hydrogen-bond acceptors (Lipinski definition) is 8. The first-order valence-electron chi connectivity index (χ1n) is 12.7. The Balaban J connectivity index is 1.46. The standard InChI is InChI=1S/C28H26F3N7O3/c1-2-24(41)33-17-3-4-19(29)22(15-17)38-8-7-23(40)18-16-32-28(35-27(18)38)34-20-5-6-21(26(31)25(20)30)37-11-9-36(10-12-37)13-14-39/h2-8,15-16,39H,1,9-14H2,(H,33,41)(H,32,34,35). The predicted octanol–water partition coefficient (Wildman–Crippen LogP) is 3.18. The van der Waals surface area contributed by atoms with Crippen molar-refractivity contribution in [2.24, 2.45) is 0 Å². The summed E-state index contributed by atoms with van der Waals surface area (Å²) in [7, 11) is 0. The molecule has 5 rings (SSSR count).